The smallest absolute Gasteiger partial charge is 0.272 e. The molecular weight excluding hydrogens is 388 g/mol. The fraction of sp³-hybridized carbons (Fsp3) is 0.273. The number of fused-ring (bicyclic) bond motifs is 1. The Kier molecular flexibility index (Phi) is 5.72. The summed E-state index contributed by atoms with van der Waals surface area (Å²) in [5, 5.41) is 1.64. The molecule has 0 aliphatic rings. The maximum Gasteiger partial charge on any atom is 0.272 e. The summed E-state index contributed by atoms with van der Waals surface area (Å²) in [5.74, 6) is -0.0308. The highest BCUT2D eigenvalue weighted by Crippen LogP contribution is 2.34. The molecule has 1 heterocycles. The number of hydrogen-bond donors (Lipinski definition) is 0. The molecule has 0 aliphatic heterocycles. The molecule has 0 aliphatic carbocycles. The van der Waals surface area contributed by atoms with Gasteiger partial charge < -0.3 is 4.90 Å². The Labute approximate surface area is 163 Å². The molecule has 26 heavy (non-hydrogen) atoms. The third-order valence-electron chi connectivity index (χ3n) is 4.96. The largest absolute Gasteiger partial charge is 0.338 e. The Hall–Kier alpha value is -2.20. The van der Waals surface area contributed by atoms with E-state index in [1.54, 1.807) is 4.90 Å². The van der Waals surface area contributed by atoms with Gasteiger partial charge in [-0.3, -0.25) is 4.79 Å². The minimum atomic E-state index is -0.0308. The molecule has 2 aromatic carbocycles. The molecule has 4 heteroatoms. The van der Waals surface area contributed by atoms with Crippen LogP contribution in [-0.4, -0.2) is 28.9 Å². The van der Waals surface area contributed by atoms with Crippen molar-refractivity contribution in [2.75, 3.05) is 7.05 Å². The van der Waals surface area contributed by atoms with Gasteiger partial charge in [0.15, 0.2) is 0 Å². The van der Waals surface area contributed by atoms with E-state index in [0.717, 1.165) is 34.0 Å². The van der Waals surface area contributed by atoms with Crippen molar-refractivity contribution in [1.82, 2.24) is 9.88 Å². The van der Waals surface area contributed by atoms with Crippen LogP contribution in [-0.2, 0) is 5.33 Å². The van der Waals surface area contributed by atoms with Gasteiger partial charge in [-0.15, -0.1) is 0 Å². The van der Waals surface area contributed by atoms with Crippen LogP contribution in [0.1, 0.15) is 36.3 Å². The number of hydrogen-bond acceptors (Lipinski definition) is 2. The van der Waals surface area contributed by atoms with Gasteiger partial charge in [-0.1, -0.05) is 71.4 Å². The standard InChI is InChI=1S/C22H23BrN2O/c1-4-15(2)25(3)22(26)21-18(14-23)20(16-10-6-5-7-11-16)17-12-8-9-13-19(17)24-21/h5-13,15H,4,14H2,1-3H3. The van der Waals surface area contributed by atoms with Gasteiger partial charge >= 0.3 is 0 Å². The Bertz CT molecular complexity index is 924. The number of carbonyl (C=O) groups is 1. The van der Waals surface area contributed by atoms with Crippen LogP contribution in [0.2, 0.25) is 0 Å². The quantitative estimate of drug-likeness (QED) is 0.507. The molecule has 3 rings (SSSR count). The summed E-state index contributed by atoms with van der Waals surface area (Å²) < 4.78 is 0. The van der Waals surface area contributed by atoms with Gasteiger partial charge in [0.05, 0.1) is 5.52 Å². The zero-order valence-corrected chi connectivity index (χ0v) is 17.0. The minimum Gasteiger partial charge on any atom is -0.338 e. The van der Waals surface area contributed by atoms with Gasteiger partial charge in [-0.05, 0) is 30.5 Å². The number of benzene rings is 2. The zero-order chi connectivity index (χ0) is 18.7. The van der Waals surface area contributed by atoms with Crippen molar-refractivity contribution in [2.45, 2.75) is 31.6 Å². The fourth-order valence-electron chi connectivity index (χ4n) is 3.13. The first-order chi connectivity index (χ1) is 12.6. The second kappa shape index (κ2) is 8.00. The van der Waals surface area contributed by atoms with Crippen molar-refractivity contribution in [3.63, 3.8) is 0 Å². The monoisotopic (exact) mass is 410 g/mol. The Balaban J connectivity index is 2.30. The van der Waals surface area contributed by atoms with E-state index in [4.69, 9.17) is 4.98 Å². The minimum absolute atomic E-state index is 0.0308. The van der Waals surface area contributed by atoms with Crippen molar-refractivity contribution >= 4 is 32.7 Å². The van der Waals surface area contributed by atoms with Crippen LogP contribution in [0.4, 0.5) is 0 Å². The van der Waals surface area contributed by atoms with Crippen LogP contribution in [0.3, 0.4) is 0 Å². The summed E-state index contributed by atoms with van der Waals surface area (Å²) >= 11 is 3.60. The summed E-state index contributed by atoms with van der Waals surface area (Å²) in [6.07, 6.45) is 0.908. The Morgan fingerprint density at radius 3 is 2.42 bits per heavy atom. The highest BCUT2D eigenvalue weighted by molar-refractivity contribution is 9.08. The molecule has 0 fully saturated rings. The predicted molar refractivity (Wildman–Crippen MR) is 112 cm³/mol. The van der Waals surface area contributed by atoms with E-state index in [1.807, 2.05) is 43.4 Å². The Morgan fingerprint density at radius 1 is 1.12 bits per heavy atom. The van der Waals surface area contributed by atoms with Crippen molar-refractivity contribution < 1.29 is 4.79 Å². The lowest BCUT2D eigenvalue weighted by Crippen LogP contribution is -2.35. The van der Waals surface area contributed by atoms with Crippen LogP contribution < -0.4 is 0 Å². The van der Waals surface area contributed by atoms with E-state index in [1.165, 1.54) is 0 Å². The van der Waals surface area contributed by atoms with Crippen molar-refractivity contribution in [2.24, 2.45) is 0 Å². The first-order valence-electron chi connectivity index (χ1n) is 8.88. The average Bonchev–Trinajstić information content (AvgIpc) is 2.71. The number of carbonyl (C=O) groups excluding carboxylic acids is 1. The van der Waals surface area contributed by atoms with E-state index in [-0.39, 0.29) is 11.9 Å². The van der Waals surface area contributed by atoms with Crippen LogP contribution >= 0.6 is 15.9 Å². The summed E-state index contributed by atoms with van der Waals surface area (Å²) in [7, 11) is 1.85. The number of nitrogens with zero attached hydrogens (tertiary/aromatic N) is 2. The highest BCUT2D eigenvalue weighted by atomic mass is 79.9. The van der Waals surface area contributed by atoms with Gasteiger partial charge in [0.2, 0.25) is 0 Å². The van der Waals surface area contributed by atoms with Crippen LogP contribution in [0.25, 0.3) is 22.0 Å². The SMILES string of the molecule is CCC(C)N(C)C(=O)c1nc2ccccc2c(-c2ccccc2)c1CBr. The van der Waals surface area contributed by atoms with E-state index in [9.17, 15) is 4.79 Å². The molecule has 1 atom stereocenters. The van der Waals surface area contributed by atoms with Crippen LogP contribution in [0, 0.1) is 0 Å². The predicted octanol–water partition coefficient (Wildman–Crippen LogP) is 5.67. The molecular formula is C22H23BrN2O. The summed E-state index contributed by atoms with van der Waals surface area (Å²) in [6, 6.07) is 18.4. The molecule has 0 N–H and O–H groups in total. The fourth-order valence-corrected chi connectivity index (χ4v) is 3.68. The molecule has 1 unspecified atom stereocenters. The molecule has 134 valence electrons. The van der Waals surface area contributed by atoms with Crippen molar-refractivity contribution in [3.8, 4) is 11.1 Å². The summed E-state index contributed by atoms with van der Waals surface area (Å²) in [6.45, 7) is 4.15. The highest BCUT2D eigenvalue weighted by Gasteiger charge is 2.24. The van der Waals surface area contributed by atoms with Crippen molar-refractivity contribution in [3.05, 3.63) is 65.9 Å². The van der Waals surface area contributed by atoms with Crippen molar-refractivity contribution in [1.29, 1.82) is 0 Å². The van der Waals surface area contributed by atoms with Crippen LogP contribution in [0.15, 0.2) is 54.6 Å². The third kappa shape index (κ3) is 3.38. The average molecular weight is 411 g/mol. The molecule has 0 saturated heterocycles. The molecule has 0 spiro atoms. The lowest BCUT2D eigenvalue weighted by Gasteiger charge is -2.25. The Morgan fingerprint density at radius 2 is 1.77 bits per heavy atom. The van der Waals surface area contributed by atoms with E-state index < -0.39 is 0 Å². The van der Waals surface area contributed by atoms with Gasteiger partial charge in [0.25, 0.3) is 5.91 Å². The van der Waals surface area contributed by atoms with E-state index in [2.05, 4.69) is 48.0 Å². The van der Waals surface area contributed by atoms with Gasteiger partial charge in [-0.2, -0.15) is 0 Å². The number of alkyl halides is 1. The molecule has 0 radical (unpaired) electrons. The summed E-state index contributed by atoms with van der Waals surface area (Å²) in [5.41, 5.74) is 4.49. The maximum atomic E-state index is 13.2. The first-order valence-corrected chi connectivity index (χ1v) is 10.0. The molecule has 3 nitrogen and oxygen atoms in total. The lowest BCUT2D eigenvalue weighted by atomic mass is 9.94. The van der Waals surface area contributed by atoms with E-state index >= 15 is 0 Å². The van der Waals surface area contributed by atoms with Gasteiger partial charge in [0.1, 0.15) is 5.69 Å². The topological polar surface area (TPSA) is 33.2 Å². The van der Waals surface area contributed by atoms with Gasteiger partial charge in [0, 0.05) is 29.4 Å². The summed E-state index contributed by atoms with van der Waals surface area (Å²) in [4.78, 5) is 19.7. The number of halogens is 1. The second-order valence-electron chi connectivity index (χ2n) is 6.50. The molecule has 1 aromatic heterocycles. The maximum absolute atomic E-state index is 13.2. The number of amides is 1. The normalized spacial score (nSPS) is 12.2. The first kappa shape index (κ1) is 18.6. The molecule has 0 bridgehead atoms. The number of aromatic nitrogens is 1. The molecule has 3 aromatic rings. The van der Waals surface area contributed by atoms with Gasteiger partial charge in [-0.25, -0.2) is 4.98 Å². The number of rotatable bonds is 5. The third-order valence-corrected chi connectivity index (χ3v) is 5.52. The zero-order valence-electron chi connectivity index (χ0n) is 15.4. The van der Waals surface area contributed by atoms with Crippen LogP contribution in [0.5, 0.6) is 0 Å². The molecule has 1 amide bonds. The number of pyridine rings is 1. The molecule has 0 saturated carbocycles. The van der Waals surface area contributed by atoms with E-state index in [0.29, 0.717) is 11.0 Å². The lowest BCUT2D eigenvalue weighted by molar-refractivity contribution is 0.0734. The number of para-hydroxylation sites is 1. The second-order valence-corrected chi connectivity index (χ2v) is 7.06.